The first-order valence-corrected chi connectivity index (χ1v) is 34.1. The molecule has 41 heteroatoms. The maximum atomic E-state index is 13.7. The van der Waals surface area contributed by atoms with Crippen LogP contribution in [0.2, 0.25) is 0 Å². The zero-order valence-electron chi connectivity index (χ0n) is 58.9. The Morgan fingerprint density at radius 1 is 0.500 bits per heavy atom. The molecule has 0 atom stereocenters. The Bertz CT molecular complexity index is 4510. The van der Waals surface area contributed by atoms with E-state index in [0.29, 0.717) is 111 Å². The van der Waals surface area contributed by atoms with Crippen molar-refractivity contribution in [2.75, 3.05) is 113 Å². The number of piperidine rings is 3. The number of methoxy groups -OCH3 is 3. The molecule has 3 saturated heterocycles. The van der Waals surface area contributed by atoms with E-state index in [2.05, 4.69) is 83.1 Å². The summed E-state index contributed by atoms with van der Waals surface area (Å²) in [5, 5.41) is 20.1. The van der Waals surface area contributed by atoms with Crippen LogP contribution < -0.4 is 131 Å². The van der Waals surface area contributed by atoms with Crippen LogP contribution in [0.15, 0.2) is 56.0 Å². The number of hydrogen-bond donors (Lipinski definition) is 9. The number of carbonyl (C=O) groups is 5. The normalized spacial score (nSPS) is 17.9. The van der Waals surface area contributed by atoms with Gasteiger partial charge in [0.25, 0.3) is 53.7 Å². The van der Waals surface area contributed by atoms with Crippen LogP contribution in [0.3, 0.4) is 0 Å². The Morgan fingerprint density at radius 3 is 1.12 bits per heavy atom. The molecule has 33 nitrogen and oxygen atoms in total. The topological polar surface area (TPSA) is 432 Å². The Hall–Kier alpha value is -8.42. The number of alkyl halides is 6. The summed E-state index contributed by atoms with van der Waals surface area (Å²) in [5.74, 6) is 0.785. The zero-order chi connectivity index (χ0) is 74.9. The number of nitrogen functional groups attached to an aromatic ring is 2. The first-order valence-electron chi connectivity index (χ1n) is 33.3. The zero-order valence-corrected chi connectivity index (χ0v) is 63.6. The maximum Gasteiger partial charge on any atom is 1.00 e. The third-order valence-electron chi connectivity index (χ3n) is 19.3. The van der Waals surface area contributed by atoms with Crippen LogP contribution in [0.5, 0.6) is 17.2 Å². The molecule has 0 unspecified atom stereocenters. The van der Waals surface area contributed by atoms with Crippen LogP contribution in [0.1, 0.15) is 112 Å². The summed E-state index contributed by atoms with van der Waals surface area (Å²) < 4.78 is 96.7. The van der Waals surface area contributed by atoms with Gasteiger partial charge in [-0.1, -0.05) is 0 Å². The number of rotatable bonds is 17. The number of hydrogen-bond acceptors (Lipinski definition) is 25. The molecule has 106 heavy (non-hydrogen) atoms. The van der Waals surface area contributed by atoms with Crippen molar-refractivity contribution < 1.29 is 121 Å². The van der Waals surface area contributed by atoms with E-state index in [9.17, 15) is 64.7 Å². The van der Waals surface area contributed by atoms with Gasteiger partial charge in [-0.05, 0) is 97.3 Å². The third kappa shape index (κ3) is 17.3. The van der Waals surface area contributed by atoms with Crippen LogP contribution in [-0.4, -0.2) is 193 Å². The van der Waals surface area contributed by atoms with Crippen molar-refractivity contribution in [3.63, 3.8) is 0 Å². The number of pyridine rings is 3. The van der Waals surface area contributed by atoms with Gasteiger partial charge >= 0.3 is 51.4 Å². The number of nitrogens with two attached hydrogens (primary N) is 2. The maximum absolute atomic E-state index is 13.7. The molecule has 6 aliphatic heterocycles. The second kappa shape index (κ2) is 33.8. The molecule has 6 aromatic heterocycles. The van der Waals surface area contributed by atoms with Crippen molar-refractivity contribution in [1.29, 1.82) is 0 Å². The molecule has 8 aliphatic rings. The van der Waals surface area contributed by atoms with Crippen molar-refractivity contribution >= 4 is 91.7 Å². The van der Waals surface area contributed by atoms with Gasteiger partial charge in [-0.2, -0.15) is 0 Å². The molecule has 566 valence electrons. The van der Waals surface area contributed by atoms with Crippen LogP contribution in [-0.2, 0) is 26.6 Å². The number of carbonyl (C=O) groups excluding carboxylic acids is 5. The number of aromatic nitrogens is 9. The molecule has 5 fully saturated rings. The second-order valence-electron chi connectivity index (χ2n) is 26.3. The minimum absolute atomic E-state index is 0. The average molecular weight is 1580 g/mol. The van der Waals surface area contributed by atoms with Gasteiger partial charge in [-0.15, -0.1) is 0 Å². The summed E-state index contributed by atoms with van der Waals surface area (Å²) in [7, 11) is 4.27. The first kappa shape index (κ1) is 81.6. The SMILES string of the molecule is COc1c(N)ncnc1NC(=O)C1CC1.COc1c(N)ncnc1Nc1cc(C)c2n(c1=O)C1(CCN(CC(F)F)CC1)NC2=O.COc1c(NC(=O)C2CC2)ncnc1Nc1cc(C)c2n(c1=O)C1(CCN(CC(F)F)CC1)NC2=O.Cc1cc(Br)c(=O)n2c1C(=O)NC21CCN(CC(F)F)CC1.[K+].[OH-]. The van der Waals surface area contributed by atoms with Crippen molar-refractivity contribution in [2.45, 2.75) is 121 Å². The largest absolute Gasteiger partial charge is 1.00 e. The predicted molar refractivity (Wildman–Crippen MR) is 371 cm³/mol. The van der Waals surface area contributed by atoms with Crippen molar-refractivity contribution in [3.8, 4) is 17.2 Å². The summed E-state index contributed by atoms with van der Waals surface area (Å²) in [5.41, 5.74) is 10.6. The molecule has 0 aromatic carbocycles. The number of anilines is 8. The van der Waals surface area contributed by atoms with Gasteiger partial charge in [0.1, 0.15) is 64.4 Å². The van der Waals surface area contributed by atoms with Crippen LogP contribution in [0, 0.1) is 32.6 Å². The number of fused-ring (bicyclic) bond motifs is 6. The van der Waals surface area contributed by atoms with Gasteiger partial charge in [0.15, 0.2) is 34.9 Å². The summed E-state index contributed by atoms with van der Waals surface area (Å²) in [6.07, 6.45) is 2.22. The number of likely N-dealkylation sites (tertiary alicyclic amines) is 3. The standard InChI is InChI=1S/C23H27F2N7O4.C19H23F2N7O3.C14H16BrF2N3O2.C9H12N4O2.K.H2O/c1-12-9-14(28-18-17(36-2)19(27-11-26-18)29-20(33)13-3-4-13)22(35)32-16(12)21(34)30-23(32)5-7-31(8-6-23)10-15(24)25;1-10-7-11(25-16-14(31-2)15(22)23-9-24-16)18(30)28-13(10)17(29)26-19(28)3-5-27(6-4-19)8-12(20)21;1-8-6-9(15)13(22)20-11(8)12(21)18-14(20)2-4-19(5-3-14)7-10(16)17;1-15-6-7(10)11-4-12-8(6)13-9(14)5-2-3-5;;/h9,11,13,15H,3-8,10H2,1-2H3,(H,30,34)(H2,26,27,28,29,33);7,9,12H,3-6,8H2,1-2H3,(H,26,29)(H3,22,23,24,25);6,10H,2-5,7H2,1H3,(H,18,21);4-5H,2-3H2,1H3,(H3,10,11,12,13,14);;1H2/q;;;;+1;/p-1. The monoisotopic (exact) mass is 1580 g/mol. The molecule has 3 spiro atoms. The fraction of sp³-hybridized carbons (Fsp3) is 0.508. The minimum Gasteiger partial charge on any atom is -0.870 e. The van der Waals surface area contributed by atoms with Crippen molar-refractivity contribution in [2.24, 2.45) is 11.8 Å². The molecular formula is C65H79BrF6KN21O12. The van der Waals surface area contributed by atoms with Gasteiger partial charge in [-0.25, -0.2) is 56.2 Å². The van der Waals surface area contributed by atoms with Crippen LogP contribution in [0.4, 0.5) is 72.6 Å². The number of ether oxygens (including phenoxy) is 3. The number of nitrogens with zero attached hydrogens (tertiary/aromatic N) is 12. The van der Waals surface area contributed by atoms with Gasteiger partial charge in [0, 0.05) is 89.6 Å². The number of amides is 5. The van der Waals surface area contributed by atoms with E-state index >= 15 is 0 Å². The molecule has 6 aromatic rings. The average Bonchev–Trinajstić information content (AvgIpc) is 1.58. The number of halogens is 7. The van der Waals surface area contributed by atoms with Gasteiger partial charge in [0.2, 0.25) is 29.1 Å². The summed E-state index contributed by atoms with van der Waals surface area (Å²) >= 11 is 3.23. The Balaban J connectivity index is 0.000000169. The van der Waals surface area contributed by atoms with Crippen molar-refractivity contribution in [1.82, 2.24) is 74.3 Å². The smallest absolute Gasteiger partial charge is 0.870 e. The summed E-state index contributed by atoms with van der Waals surface area (Å²) in [6, 6.07) is 4.76. The van der Waals surface area contributed by atoms with Crippen molar-refractivity contribution in [3.05, 3.63) is 106 Å². The Labute approximate surface area is 652 Å². The molecule has 0 bridgehead atoms. The van der Waals surface area contributed by atoms with Crippen LogP contribution in [0.25, 0.3) is 0 Å². The molecule has 14 rings (SSSR count). The van der Waals surface area contributed by atoms with E-state index in [1.807, 2.05) is 0 Å². The van der Waals surface area contributed by atoms with Crippen LogP contribution >= 0.6 is 15.9 Å². The number of nitrogens with one attached hydrogen (secondary N) is 7. The molecule has 2 saturated carbocycles. The second-order valence-corrected chi connectivity index (χ2v) is 27.2. The Morgan fingerprint density at radius 2 is 0.792 bits per heavy atom. The summed E-state index contributed by atoms with van der Waals surface area (Å²) in [6.45, 7) is 6.42. The van der Waals surface area contributed by atoms with Gasteiger partial charge in [0.05, 0.1) is 45.4 Å². The molecule has 12 heterocycles. The van der Waals surface area contributed by atoms with E-state index in [0.717, 1.165) is 31.2 Å². The first-order chi connectivity index (χ1) is 49.5. The molecule has 2 aliphatic carbocycles. The molecule has 12 N–H and O–H groups in total. The minimum atomic E-state index is -2.45. The molecular weight excluding hydrogens is 1500 g/mol. The molecule has 0 radical (unpaired) electrons. The molecule has 5 amide bonds. The third-order valence-corrected chi connectivity index (χ3v) is 19.9. The fourth-order valence-electron chi connectivity index (χ4n) is 13.9. The van der Waals surface area contributed by atoms with Gasteiger partial charge in [-0.3, -0.25) is 66.8 Å². The van der Waals surface area contributed by atoms with E-state index < -0.39 is 47.4 Å². The van der Waals surface area contributed by atoms with Gasteiger partial charge < -0.3 is 68.4 Å². The van der Waals surface area contributed by atoms with E-state index in [1.54, 1.807) is 53.7 Å². The van der Waals surface area contributed by atoms with E-state index in [-0.39, 0.29) is 187 Å². The Kier molecular flexibility index (Phi) is 26.0. The van der Waals surface area contributed by atoms with E-state index in [1.165, 1.54) is 54.0 Å². The fourth-order valence-corrected chi connectivity index (χ4v) is 14.4. The predicted octanol–water partition coefficient (Wildman–Crippen LogP) is 1.76. The summed E-state index contributed by atoms with van der Waals surface area (Å²) in [4.78, 5) is 130. The quantitative estimate of drug-likeness (QED) is 0.0464. The van der Waals surface area contributed by atoms with E-state index in [4.69, 9.17) is 25.7 Å². The number of aryl methyl sites for hydroxylation is 3.